The average Bonchev–Trinajstić information content (AvgIpc) is 3.40. The predicted molar refractivity (Wildman–Crippen MR) is 143 cm³/mol. The summed E-state index contributed by atoms with van der Waals surface area (Å²) in [6, 6.07) is 17.5. The molecule has 1 amide bonds. The van der Waals surface area contributed by atoms with Gasteiger partial charge in [0.15, 0.2) is 5.84 Å². The van der Waals surface area contributed by atoms with Crippen LogP contribution in [0.1, 0.15) is 22.5 Å². The van der Waals surface area contributed by atoms with Gasteiger partial charge < -0.3 is 14.0 Å². The Balaban J connectivity index is 1.39. The number of amidine groups is 2. The Morgan fingerprint density at radius 1 is 1.08 bits per heavy atom. The smallest absolute Gasteiger partial charge is 0.283 e. The number of para-hydroxylation sites is 1. The van der Waals surface area contributed by atoms with Crippen molar-refractivity contribution < 1.29 is 14.3 Å². The van der Waals surface area contributed by atoms with Crippen LogP contribution in [0.15, 0.2) is 70.3 Å². The molecule has 1 aromatic heterocycles. The highest BCUT2D eigenvalue weighted by atomic mass is 32.2. The lowest BCUT2D eigenvalue weighted by Gasteiger charge is -2.20. The molecule has 3 aromatic rings. The van der Waals surface area contributed by atoms with E-state index in [0.717, 1.165) is 39.7 Å². The van der Waals surface area contributed by atoms with Crippen molar-refractivity contribution in [2.24, 2.45) is 10.1 Å². The number of methoxy groups -OCH3 is 1. The van der Waals surface area contributed by atoms with Gasteiger partial charge >= 0.3 is 0 Å². The number of aromatic nitrogens is 1. The van der Waals surface area contributed by atoms with E-state index in [0.29, 0.717) is 10.2 Å². The fraction of sp³-hybridized carbons (Fsp3) is 0.185. The van der Waals surface area contributed by atoms with E-state index in [9.17, 15) is 4.79 Å². The van der Waals surface area contributed by atoms with Crippen LogP contribution in [0.2, 0.25) is 0 Å². The van der Waals surface area contributed by atoms with Crippen LogP contribution in [0.5, 0.6) is 11.5 Å². The Kier molecular flexibility index (Phi) is 6.24. The maximum absolute atomic E-state index is 12.9. The first kappa shape index (κ1) is 23.6. The first-order valence-electron chi connectivity index (χ1n) is 11.4. The van der Waals surface area contributed by atoms with Crippen molar-refractivity contribution >= 4 is 39.8 Å². The van der Waals surface area contributed by atoms with E-state index in [1.807, 2.05) is 75.4 Å². The lowest BCUT2D eigenvalue weighted by atomic mass is 10.1. The number of nitrogens with zero attached hydrogens (tertiary/aromatic N) is 4. The van der Waals surface area contributed by atoms with E-state index in [4.69, 9.17) is 14.9 Å². The quantitative estimate of drug-likeness (QED) is 0.476. The zero-order valence-electron chi connectivity index (χ0n) is 20.4. The first-order chi connectivity index (χ1) is 17.4. The number of thioether (sulfide) groups is 1. The third kappa shape index (κ3) is 4.33. The largest absolute Gasteiger partial charge is 0.497 e. The number of nitrogens with one attached hydrogen (secondary N) is 1. The van der Waals surface area contributed by atoms with E-state index in [1.165, 1.54) is 16.8 Å². The molecular formula is C27H25N5O3S. The fourth-order valence-electron chi connectivity index (χ4n) is 4.17. The minimum atomic E-state index is -0.454. The number of ether oxygens (including phenoxy) is 2. The summed E-state index contributed by atoms with van der Waals surface area (Å²) in [5, 5.41) is 15.6. The number of aryl methyl sites for hydroxylation is 2. The second-order valence-corrected chi connectivity index (χ2v) is 9.47. The number of benzene rings is 2. The zero-order chi connectivity index (χ0) is 25.4. The molecule has 2 aliphatic rings. The van der Waals surface area contributed by atoms with Crippen molar-refractivity contribution in [2.45, 2.75) is 20.8 Å². The number of amides is 1. The van der Waals surface area contributed by atoms with Gasteiger partial charge in [-0.05, 0) is 86.1 Å². The van der Waals surface area contributed by atoms with E-state index in [2.05, 4.69) is 14.7 Å². The van der Waals surface area contributed by atoms with E-state index in [-0.39, 0.29) is 18.0 Å². The van der Waals surface area contributed by atoms with Gasteiger partial charge in [-0.25, -0.2) is 0 Å². The lowest BCUT2D eigenvalue weighted by molar-refractivity contribution is -0.114. The Morgan fingerprint density at radius 2 is 1.83 bits per heavy atom. The molecule has 0 bridgehead atoms. The Bertz CT molecular complexity index is 1470. The summed E-state index contributed by atoms with van der Waals surface area (Å²) < 4.78 is 13.2. The molecule has 0 fully saturated rings. The van der Waals surface area contributed by atoms with Crippen molar-refractivity contribution in [2.75, 3.05) is 13.7 Å². The van der Waals surface area contributed by atoms with Crippen LogP contribution in [0.4, 0.5) is 0 Å². The highest BCUT2D eigenvalue weighted by molar-refractivity contribution is 8.27. The Hall–Kier alpha value is -4.11. The van der Waals surface area contributed by atoms with Crippen LogP contribution in [0.3, 0.4) is 0 Å². The molecule has 0 saturated carbocycles. The van der Waals surface area contributed by atoms with Gasteiger partial charge in [0.1, 0.15) is 23.1 Å². The van der Waals surface area contributed by atoms with Gasteiger partial charge in [0, 0.05) is 17.1 Å². The molecule has 5 rings (SSSR count). The number of carbonyl (C=O) groups excluding carboxylic acids is 1. The minimum absolute atomic E-state index is 0.00218. The second kappa shape index (κ2) is 9.50. The van der Waals surface area contributed by atoms with Gasteiger partial charge in [-0.15, -0.1) is 0 Å². The van der Waals surface area contributed by atoms with Crippen LogP contribution in [0, 0.1) is 26.2 Å². The van der Waals surface area contributed by atoms with E-state index >= 15 is 0 Å². The number of hydrazone groups is 1. The maximum Gasteiger partial charge on any atom is 0.283 e. The number of hydrogen-bond donors (Lipinski definition) is 1. The van der Waals surface area contributed by atoms with Crippen molar-refractivity contribution in [1.82, 2.24) is 9.58 Å². The molecular weight excluding hydrogens is 474 g/mol. The van der Waals surface area contributed by atoms with E-state index < -0.39 is 5.91 Å². The van der Waals surface area contributed by atoms with Crippen LogP contribution in [-0.4, -0.2) is 45.2 Å². The SMILES string of the molecule is COc1ccc(-n2c(C)cc(/C=C3/C(=N)N4N=C(COc5ccccc5C)SC4=NC3=O)c2C)cc1. The number of fused-ring (bicyclic) bond motifs is 1. The second-order valence-electron chi connectivity index (χ2n) is 8.43. The average molecular weight is 500 g/mol. The molecule has 3 heterocycles. The topological polar surface area (TPSA) is 92.3 Å². The first-order valence-corrected chi connectivity index (χ1v) is 12.2. The summed E-state index contributed by atoms with van der Waals surface area (Å²) in [5.74, 6) is 1.10. The van der Waals surface area contributed by atoms with E-state index in [1.54, 1.807) is 13.2 Å². The van der Waals surface area contributed by atoms with Gasteiger partial charge in [-0.3, -0.25) is 10.2 Å². The summed E-state index contributed by atoms with van der Waals surface area (Å²) in [5.41, 5.74) is 5.00. The van der Waals surface area contributed by atoms with Gasteiger partial charge in [0.2, 0.25) is 5.17 Å². The van der Waals surface area contributed by atoms with Gasteiger partial charge in [-0.1, -0.05) is 18.2 Å². The standard InChI is InChI=1S/C27H25N5O3S/c1-16-7-5-6-8-23(16)35-15-24-30-32-25(28)22(26(33)29-27(32)36-24)14-19-13-17(2)31(18(19)3)20-9-11-21(34-4)12-10-20/h5-14,28H,15H2,1-4H3/b22-14-,28-25?. The molecule has 0 spiro atoms. The van der Waals surface area contributed by atoms with Crippen molar-refractivity contribution in [3.63, 3.8) is 0 Å². The number of hydrogen-bond acceptors (Lipinski definition) is 6. The highest BCUT2D eigenvalue weighted by Crippen LogP contribution is 2.30. The molecule has 2 aliphatic heterocycles. The molecule has 0 saturated heterocycles. The van der Waals surface area contributed by atoms with Crippen LogP contribution in [-0.2, 0) is 4.79 Å². The monoisotopic (exact) mass is 499 g/mol. The summed E-state index contributed by atoms with van der Waals surface area (Å²) >= 11 is 1.24. The molecule has 8 nitrogen and oxygen atoms in total. The Morgan fingerprint density at radius 3 is 2.56 bits per heavy atom. The number of rotatable bonds is 6. The van der Waals surface area contributed by atoms with Crippen molar-refractivity contribution in [3.8, 4) is 17.2 Å². The predicted octanol–water partition coefficient (Wildman–Crippen LogP) is 5.11. The van der Waals surface area contributed by atoms with Gasteiger partial charge in [0.25, 0.3) is 5.91 Å². The molecule has 36 heavy (non-hydrogen) atoms. The third-order valence-electron chi connectivity index (χ3n) is 6.04. The molecule has 2 aromatic carbocycles. The summed E-state index contributed by atoms with van der Waals surface area (Å²) in [6.45, 7) is 6.20. The molecule has 182 valence electrons. The number of aliphatic imine (C=N–C) groups is 1. The zero-order valence-corrected chi connectivity index (χ0v) is 21.2. The van der Waals surface area contributed by atoms with Gasteiger partial charge in [0.05, 0.1) is 12.7 Å². The van der Waals surface area contributed by atoms with Crippen LogP contribution < -0.4 is 9.47 Å². The van der Waals surface area contributed by atoms with Crippen molar-refractivity contribution in [1.29, 1.82) is 5.41 Å². The molecule has 0 atom stereocenters. The Labute approximate surface area is 213 Å². The summed E-state index contributed by atoms with van der Waals surface area (Å²) in [6.07, 6.45) is 1.72. The van der Waals surface area contributed by atoms with Crippen LogP contribution >= 0.6 is 11.8 Å². The minimum Gasteiger partial charge on any atom is -0.497 e. The molecule has 9 heteroatoms. The third-order valence-corrected chi connectivity index (χ3v) is 6.92. The maximum atomic E-state index is 12.9. The molecule has 0 unspecified atom stereocenters. The molecule has 0 aliphatic carbocycles. The lowest BCUT2D eigenvalue weighted by Crippen LogP contribution is -2.35. The molecule has 0 radical (unpaired) electrons. The van der Waals surface area contributed by atoms with Gasteiger partial charge in [-0.2, -0.15) is 15.1 Å². The fourth-order valence-corrected chi connectivity index (χ4v) is 4.96. The van der Waals surface area contributed by atoms with Crippen LogP contribution in [0.25, 0.3) is 11.8 Å². The van der Waals surface area contributed by atoms with Crippen molar-refractivity contribution in [3.05, 3.63) is 82.7 Å². The number of carbonyl (C=O) groups is 1. The summed E-state index contributed by atoms with van der Waals surface area (Å²) in [7, 11) is 1.64. The molecule has 1 N–H and O–H groups in total. The summed E-state index contributed by atoms with van der Waals surface area (Å²) in [4.78, 5) is 17.1. The highest BCUT2D eigenvalue weighted by Gasteiger charge is 2.36. The normalized spacial score (nSPS) is 16.2.